The molecule has 0 aromatic heterocycles. The number of unbranched alkanes of at least 4 members (excludes halogenated alkanes) is 8. The summed E-state index contributed by atoms with van der Waals surface area (Å²) in [6.45, 7) is 4.27. The molecule has 1 rings (SSSR count). The van der Waals surface area contributed by atoms with Crippen molar-refractivity contribution in [3.63, 3.8) is 0 Å². The molecule has 0 aliphatic rings. The minimum Gasteiger partial charge on any atom is -0.497 e. The lowest BCUT2D eigenvalue weighted by Crippen LogP contribution is -2.26. The number of carbonyl (C=O) groups excluding carboxylic acids is 1. The Bertz CT molecular complexity index is 604. The highest BCUT2D eigenvalue weighted by Crippen LogP contribution is 2.17. The molecule has 0 spiro atoms. The van der Waals surface area contributed by atoms with Gasteiger partial charge in [-0.15, -0.1) is 0 Å². The van der Waals surface area contributed by atoms with Gasteiger partial charge in [0.25, 0.3) is 0 Å². The SMILES string of the molecule is CCCCC/C=C\C/C=C\CCCCCCCC(=O)NC(C)c1ccc(OC)cc1. The Labute approximate surface area is 185 Å². The van der Waals surface area contributed by atoms with E-state index < -0.39 is 0 Å². The Hall–Kier alpha value is -2.03. The Morgan fingerprint density at radius 3 is 2.13 bits per heavy atom. The van der Waals surface area contributed by atoms with Crippen molar-refractivity contribution in [2.75, 3.05) is 7.11 Å². The maximum Gasteiger partial charge on any atom is 0.220 e. The van der Waals surface area contributed by atoms with Crippen molar-refractivity contribution in [3.05, 3.63) is 54.1 Å². The Morgan fingerprint density at radius 2 is 1.50 bits per heavy atom. The van der Waals surface area contributed by atoms with Gasteiger partial charge in [0.15, 0.2) is 0 Å². The summed E-state index contributed by atoms with van der Waals surface area (Å²) in [4.78, 5) is 12.1. The highest BCUT2D eigenvalue weighted by atomic mass is 16.5. The molecule has 1 amide bonds. The number of ether oxygens (including phenoxy) is 1. The number of amides is 1. The van der Waals surface area contributed by atoms with Crippen molar-refractivity contribution in [3.8, 4) is 5.75 Å². The molecule has 1 unspecified atom stereocenters. The maximum absolute atomic E-state index is 12.1. The van der Waals surface area contributed by atoms with Gasteiger partial charge in [0.05, 0.1) is 13.2 Å². The van der Waals surface area contributed by atoms with Crippen LogP contribution >= 0.6 is 0 Å². The lowest BCUT2D eigenvalue weighted by molar-refractivity contribution is -0.121. The average molecular weight is 414 g/mol. The van der Waals surface area contributed by atoms with E-state index >= 15 is 0 Å². The molecule has 3 heteroatoms. The number of hydrogen-bond donors (Lipinski definition) is 1. The fourth-order valence-electron chi connectivity index (χ4n) is 3.39. The minimum atomic E-state index is 0.0291. The van der Waals surface area contributed by atoms with Crippen molar-refractivity contribution < 1.29 is 9.53 Å². The molecule has 1 atom stereocenters. The van der Waals surface area contributed by atoms with Crippen LogP contribution in [0.15, 0.2) is 48.6 Å². The lowest BCUT2D eigenvalue weighted by Gasteiger charge is -2.14. The van der Waals surface area contributed by atoms with Crippen LogP contribution in [-0.2, 0) is 4.79 Å². The predicted octanol–water partition coefficient (Wildman–Crippen LogP) is 7.69. The van der Waals surface area contributed by atoms with E-state index in [2.05, 4.69) is 36.5 Å². The third-order valence-electron chi connectivity index (χ3n) is 5.35. The standard InChI is InChI=1S/C27H43NO2/c1-4-5-6-7-8-9-10-11-12-13-14-15-16-17-18-19-27(29)28-24(2)25-20-22-26(30-3)23-21-25/h8-9,11-12,20-24H,4-7,10,13-19H2,1-3H3,(H,28,29)/b9-8-,12-11-. The quantitative estimate of drug-likeness (QED) is 0.210. The molecule has 0 aliphatic carbocycles. The van der Waals surface area contributed by atoms with Gasteiger partial charge in [-0.3, -0.25) is 4.79 Å². The molecule has 168 valence electrons. The van der Waals surface area contributed by atoms with Crippen LogP contribution in [0.4, 0.5) is 0 Å². The first-order chi connectivity index (χ1) is 14.7. The summed E-state index contributed by atoms with van der Waals surface area (Å²) in [6.07, 6.45) is 23.0. The summed E-state index contributed by atoms with van der Waals surface area (Å²) in [7, 11) is 1.66. The lowest BCUT2D eigenvalue weighted by atomic mass is 10.1. The average Bonchev–Trinajstić information content (AvgIpc) is 2.76. The van der Waals surface area contributed by atoms with Crippen molar-refractivity contribution in [1.82, 2.24) is 5.32 Å². The van der Waals surface area contributed by atoms with Crippen molar-refractivity contribution in [1.29, 1.82) is 0 Å². The highest BCUT2D eigenvalue weighted by molar-refractivity contribution is 5.76. The van der Waals surface area contributed by atoms with Crippen LogP contribution in [0.1, 0.15) is 103 Å². The van der Waals surface area contributed by atoms with Gasteiger partial charge in [-0.05, 0) is 63.1 Å². The summed E-state index contributed by atoms with van der Waals surface area (Å²) in [5, 5.41) is 3.09. The Balaban J connectivity index is 1.98. The fraction of sp³-hybridized carbons (Fsp3) is 0.593. The van der Waals surface area contributed by atoms with Gasteiger partial charge in [0, 0.05) is 6.42 Å². The largest absolute Gasteiger partial charge is 0.497 e. The van der Waals surface area contributed by atoms with E-state index in [4.69, 9.17) is 4.74 Å². The molecular weight excluding hydrogens is 370 g/mol. The molecule has 30 heavy (non-hydrogen) atoms. The maximum atomic E-state index is 12.1. The molecular formula is C27H43NO2. The zero-order valence-corrected chi connectivity index (χ0v) is 19.5. The van der Waals surface area contributed by atoms with Crippen LogP contribution in [0.25, 0.3) is 0 Å². The second kappa shape index (κ2) is 17.8. The van der Waals surface area contributed by atoms with Gasteiger partial charge in [-0.1, -0.05) is 75.5 Å². The number of nitrogens with one attached hydrogen (secondary N) is 1. The topological polar surface area (TPSA) is 38.3 Å². The number of rotatable bonds is 17. The molecule has 3 nitrogen and oxygen atoms in total. The summed E-state index contributed by atoms with van der Waals surface area (Å²) in [5.41, 5.74) is 1.10. The van der Waals surface area contributed by atoms with Crippen LogP contribution in [0, 0.1) is 0 Å². The second-order valence-corrected chi connectivity index (χ2v) is 8.04. The molecule has 0 heterocycles. The monoisotopic (exact) mass is 413 g/mol. The molecule has 0 saturated heterocycles. The molecule has 0 bridgehead atoms. The zero-order chi connectivity index (χ0) is 21.9. The van der Waals surface area contributed by atoms with Crippen LogP contribution in [-0.4, -0.2) is 13.0 Å². The van der Waals surface area contributed by atoms with E-state index in [-0.39, 0.29) is 11.9 Å². The fourth-order valence-corrected chi connectivity index (χ4v) is 3.39. The van der Waals surface area contributed by atoms with Crippen LogP contribution in [0.3, 0.4) is 0 Å². The number of benzene rings is 1. The third kappa shape index (κ3) is 13.2. The van der Waals surface area contributed by atoms with Gasteiger partial charge < -0.3 is 10.1 Å². The van der Waals surface area contributed by atoms with Crippen LogP contribution in [0.2, 0.25) is 0 Å². The predicted molar refractivity (Wildman–Crippen MR) is 129 cm³/mol. The van der Waals surface area contributed by atoms with Gasteiger partial charge in [-0.25, -0.2) is 0 Å². The minimum absolute atomic E-state index is 0.0291. The summed E-state index contributed by atoms with van der Waals surface area (Å²) in [6, 6.07) is 7.89. The smallest absolute Gasteiger partial charge is 0.220 e. The summed E-state index contributed by atoms with van der Waals surface area (Å²) in [5.74, 6) is 0.978. The third-order valence-corrected chi connectivity index (χ3v) is 5.35. The first-order valence-corrected chi connectivity index (χ1v) is 11.9. The zero-order valence-electron chi connectivity index (χ0n) is 19.5. The number of hydrogen-bond acceptors (Lipinski definition) is 2. The van der Waals surface area contributed by atoms with E-state index in [1.54, 1.807) is 7.11 Å². The van der Waals surface area contributed by atoms with E-state index in [1.807, 2.05) is 31.2 Å². The van der Waals surface area contributed by atoms with E-state index in [1.165, 1.54) is 51.4 Å². The summed E-state index contributed by atoms with van der Waals surface area (Å²) >= 11 is 0. The van der Waals surface area contributed by atoms with Crippen LogP contribution in [0.5, 0.6) is 5.75 Å². The number of methoxy groups -OCH3 is 1. The molecule has 0 saturated carbocycles. The first-order valence-electron chi connectivity index (χ1n) is 11.9. The van der Waals surface area contributed by atoms with Gasteiger partial charge in [0.1, 0.15) is 5.75 Å². The van der Waals surface area contributed by atoms with Gasteiger partial charge in [0.2, 0.25) is 5.91 Å². The number of allylic oxidation sites excluding steroid dienone is 4. The van der Waals surface area contributed by atoms with Gasteiger partial charge in [-0.2, -0.15) is 0 Å². The molecule has 0 aliphatic heterocycles. The van der Waals surface area contributed by atoms with Crippen LogP contribution < -0.4 is 10.1 Å². The van der Waals surface area contributed by atoms with E-state index in [0.29, 0.717) is 6.42 Å². The first kappa shape index (κ1) is 26.0. The molecule has 1 aromatic rings. The highest BCUT2D eigenvalue weighted by Gasteiger charge is 2.09. The molecule has 0 fully saturated rings. The van der Waals surface area contributed by atoms with Gasteiger partial charge >= 0.3 is 0 Å². The van der Waals surface area contributed by atoms with Crippen molar-refractivity contribution >= 4 is 5.91 Å². The normalized spacial score (nSPS) is 12.5. The molecule has 0 radical (unpaired) electrons. The second-order valence-electron chi connectivity index (χ2n) is 8.04. The number of carbonyl (C=O) groups is 1. The Kier molecular flexibility index (Phi) is 15.4. The van der Waals surface area contributed by atoms with Crippen molar-refractivity contribution in [2.24, 2.45) is 0 Å². The van der Waals surface area contributed by atoms with E-state index in [0.717, 1.165) is 30.6 Å². The summed E-state index contributed by atoms with van der Waals surface area (Å²) < 4.78 is 5.17. The molecule has 1 aromatic carbocycles. The Morgan fingerprint density at radius 1 is 0.900 bits per heavy atom. The van der Waals surface area contributed by atoms with Crippen molar-refractivity contribution in [2.45, 2.75) is 96.9 Å². The van der Waals surface area contributed by atoms with E-state index in [9.17, 15) is 4.79 Å². The molecule has 1 N–H and O–H groups in total.